The van der Waals surface area contributed by atoms with Crippen LogP contribution < -0.4 is 4.90 Å². The van der Waals surface area contributed by atoms with Crippen molar-refractivity contribution in [3.8, 4) is 11.1 Å². The first-order valence-electron chi connectivity index (χ1n) is 13.6. The van der Waals surface area contributed by atoms with Gasteiger partial charge in [0.2, 0.25) is 0 Å². The van der Waals surface area contributed by atoms with Gasteiger partial charge in [0, 0.05) is 43.0 Å². The molecule has 6 heteroatoms. The zero-order valence-corrected chi connectivity index (χ0v) is 23.2. The predicted molar refractivity (Wildman–Crippen MR) is 161 cm³/mol. The lowest BCUT2D eigenvalue weighted by atomic mass is 10.0. The van der Waals surface area contributed by atoms with E-state index in [9.17, 15) is 4.79 Å². The Morgan fingerprint density at radius 1 is 0.769 bits per heavy atom. The molecule has 1 aliphatic rings. The lowest BCUT2D eigenvalue weighted by Gasteiger charge is -2.36. The second-order valence-electron chi connectivity index (χ2n) is 10.1. The van der Waals surface area contributed by atoms with Crippen molar-refractivity contribution >= 4 is 33.3 Å². The molecule has 5 nitrogen and oxygen atoms in total. The number of aryl methyl sites for hydroxylation is 4. The molecule has 0 spiro atoms. The van der Waals surface area contributed by atoms with E-state index >= 15 is 0 Å². The molecule has 1 aliphatic heterocycles. The third-order valence-corrected chi connectivity index (χ3v) is 8.74. The summed E-state index contributed by atoms with van der Waals surface area (Å²) < 4.78 is 0. The minimum Gasteiger partial charge on any atom is -0.352 e. The van der Waals surface area contributed by atoms with Gasteiger partial charge in [0.25, 0.3) is 5.91 Å². The van der Waals surface area contributed by atoms with E-state index in [0.717, 1.165) is 64.5 Å². The third-order valence-electron chi connectivity index (χ3n) is 7.64. The van der Waals surface area contributed by atoms with Crippen LogP contribution in [0.2, 0.25) is 0 Å². The third kappa shape index (κ3) is 5.30. The van der Waals surface area contributed by atoms with Crippen LogP contribution in [0.1, 0.15) is 32.2 Å². The molecule has 0 unspecified atom stereocenters. The molecule has 3 heterocycles. The predicted octanol–water partition coefficient (Wildman–Crippen LogP) is 6.72. The average molecular weight is 533 g/mol. The van der Waals surface area contributed by atoms with Crippen molar-refractivity contribution in [3.05, 3.63) is 112 Å². The second-order valence-corrected chi connectivity index (χ2v) is 11.3. The molecule has 5 aromatic rings. The molecule has 6 rings (SSSR count). The average Bonchev–Trinajstić information content (AvgIpc) is 3.29. The number of amides is 1. The summed E-state index contributed by atoms with van der Waals surface area (Å²) in [5.41, 5.74) is 5.57. The fraction of sp³-hybridized carbons (Fsp3) is 0.242. The number of nitrogens with zero attached hydrogens (tertiary/aromatic N) is 4. The van der Waals surface area contributed by atoms with Crippen molar-refractivity contribution in [1.82, 2.24) is 14.9 Å². The number of benzene rings is 3. The van der Waals surface area contributed by atoms with Gasteiger partial charge in [0.15, 0.2) is 0 Å². The first kappa shape index (κ1) is 25.3. The van der Waals surface area contributed by atoms with Crippen LogP contribution in [0.5, 0.6) is 0 Å². The highest BCUT2D eigenvalue weighted by molar-refractivity contribution is 7.18. The minimum atomic E-state index is 0.0909. The van der Waals surface area contributed by atoms with Crippen molar-refractivity contribution in [2.75, 3.05) is 31.1 Å². The lowest BCUT2D eigenvalue weighted by Crippen LogP contribution is -2.49. The SMILES string of the molecule is Cc1sc2nc(CCc3ccccc3)nc(N3CCN(C(=O)c4ccc(-c5ccccc5)cc4)CC3)c2c1C. The zero-order valence-electron chi connectivity index (χ0n) is 22.4. The van der Waals surface area contributed by atoms with Crippen molar-refractivity contribution in [3.63, 3.8) is 0 Å². The first-order chi connectivity index (χ1) is 19.1. The normalized spacial score (nSPS) is 13.7. The topological polar surface area (TPSA) is 49.3 Å². The van der Waals surface area contributed by atoms with Crippen molar-refractivity contribution in [1.29, 1.82) is 0 Å². The number of aromatic nitrogens is 2. The number of hydrogen-bond donors (Lipinski definition) is 0. The van der Waals surface area contributed by atoms with E-state index < -0.39 is 0 Å². The number of rotatable bonds is 6. The second kappa shape index (κ2) is 11.0. The molecule has 1 amide bonds. The summed E-state index contributed by atoms with van der Waals surface area (Å²) in [7, 11) is 0. The summed E-state index contributed by atoms with van der Waals surface area (Å²) in [6.45, 7) is 7.19. The molecule has 0 radical (unpaired) electrons. The number of fused-ring (bicyclic) bond motifs is 1. The molecule has 39 heavy (non-hydrogen) atoms. The highest BCUT2D eigenvalue weighted by Gasteiger charge is 2.26. The fourth-order valence-corrected chi connectivity index (χ4v) is 6.30. The number of piperazine rings is 1. The number of carbonyl (C=O) groups is 1. The van der Waals surface area contributed by atoms with Gasteiger partial charge in [-0.1, -0.05) is 72.8 Å². The van der Waals surface area contributed by atoms with Gasteiger partial charge < -0.3 is 9.80 Å². The van der Waals surface area contributed by atoms with Crippen LogP contribution in [-0.4, -0.2) is 47.0 Å². The lowest BCUT2D eigenvalue weighted by molar-refractivity contribution is 0.0746. The van der Waals surface area contributed by atoms with Gasteiger partial charge in [0.05, 0.1) is 5.39 Å². The molecule has 0 N–H and O–H groups in total. The smallest absolute Gasteiger partial charge is 0.253 e. The van der Waals surface area contributed by atoms with Gasteiger partial charge in [-0.15, -0.1) is 11.3 Å². The summed E-state index contributed by atoms with van der Waals surface area (Å²) in [6, 6.07) is 28.7. The minimum absolute atomic E-state index is 0.0909. The molecular weight excluding hydrogens is 500 g/mol. The fourth-order valence-electron chi connectivity index (χ4n) is 5.25. The Hall–Kier alpha value is -4.03. The maximum absolute atomic E-state index is 13.3. The Morgan fingerprint density at radius 2 is 1.41 bits per heavy atom. The van der Waals surface area contributed by atoms with Gasteiger partial charge >= 0.3 is 0 Å². The highest BCUT2D eigenvalue weighted by Crippen LogP contribution is 2.35. The maximum atomic E-state index is 13.3. The monoisotopic (exact) mass is 532 g/mol. The molecule has 196 valence electrons. The van der Waals surface area contributed by atoms with Crippen molar-refractivity contribution in [2.24, 2.45) is 0 Å². The maximum Gasteiger partial charge on any atom is 0.253 e. The van der Waals surface area contributed by atoms with Crippen molar-refractivity contribution in [2.45, 2.75) is 26.7 Å². The largest absolute Gasteiger partial charge is 0.352 e. The summed E-state index contributed by atoms with van der Waals surface area (Å²) in [5, 5.41) is 1.16. The van der Waals surface area contributed by atoms with Crippen LogP contribution in [0.25, 0.3) is 21.3 Å². The van der Waals surface area contributed by atoms with Crippen LogP contribution in [-0.2, 0) is 12.8 Å². The van der Waals surface area contributed by atoms with E-state index in [4.69, 9.17) is 9.97 Å². The summed E-state index contributed by atoms with van der Waals surface area (Å²) in [5.74, 6) is 2.00. The summed E-state index contributed by atoms with van der Waals surface area (Å²) in [6.07, 6.45) is 1.72. The van der Waals surface area contributed by atoms with E-state index in [1.165, 1.54) is 16.0 Å². The molecule has 3 aromatic carbocycles. The van der Waals surface area contributed by atoms with Crippen molar-refractivity contribution < 1.29 is 4.79 Å². The van der Waals surface area contributed by atoms with Crippen LogP contribution in [0.15, 0.2) is 84.9 Å². The molecular formula is C33H32N4OS. The van der Waals surface area contributed by atoms with E-state index in [1.807, 2.05) is 53.4 Å². The molecule has 0 atom stereocenters. The van der Waals surface area contributed by atoms with Crippen LogP contribution in [0, 0.1) is 13.8 Å². The van der Waals surface area contributed by atoms with Gasteiger partial charge in [-0.2, -0.15) is 0 Å². The Morgan fingerprint density at radius 3 is 2.10 bits per heavy atom. The Balaban J connectivity index is 1.18. The Bertz CT molecular complexity index is 1590. The van der Waals surface area contributed by atoms with E-state index in [-0.39, 0.29) is 5.91 Å². The van der Waals surface area contributed by atoms with Gasteiger partial charge in [-0.05, 0) is 54.7 Å². The summed E-state index contributed by atoms with van der Waals surface area (Å²) in [4.78, 5) is 30.0. The number of thiophene rings is 1. The van der Waals surface area contributed by atoms with Gasteiger partial charge in [0.1, 0.15) is 16.5 Å². The van der Waals surface area contributed by atoms with Crippen LogP contribution in [0.4, 0.5) is 5.82 Å². The standard InChI is InChI=1S/C33H32N4OS/c1-23-24(2)39-32-30(23)31(34-29(35-32)18-13-25-9-5-3-6-10-25)36-19-21-37(22-20-36)33(38)28-16-14-27(15-17-28)26-11-7-4-8-12-26/h3-12,14-17H,13,18-22H2,1-2H3. The molecule has 0 saturated carbocycles. The van der Waals surface area contributed by atoms with Gasteiger partial charge in [-0.3, -0.25) is 4.79 Å². The Labute approximate surface area is 233 Å². The number of hydrogen-bond acceptors (Lipinski definition) is 5. The number of carbonyl (C=O) groups excluding carboxylic acids is 1. The zero-order chi connectivity index (χ0) is 26.8. The molecule has 0 aliphatic carbocycles. The van der Waals surface area contributed by atoms with Crippen LogP contribution >= 0.6 is 11.3 Å². The number of anilines is 1. The Kier molecular flexibility index (Phi) is 7.12. The quantitative estimate of drug-likeness (QED) is 0.244. The van der Waals surface area contributed by atoms with E-state index in [0.29, 0.717) is 13.1 Å². The highest BCUT2D eigenvalue weighted by atomic mass is 32.1. The first-order valence-corrected chi connectivity index (χ1v) is 14.4. The van der Waals surface area contributed by atoms with Crippen LogP contribution in [0.3, 0.4) is 0 Å². The molecule has 2 aromatic heterocycles. The van der Waals surface area contributed by atoms with E-state index in [1.54, 1.807) is 11.3 Å². The molecule has 1 saturated heterocycles. The van der Waals surface area contributed by atoms with E-state index in [2.05, 4.69) is 55.1 Å². The molecule has 0 bridgehead atoms. The molecule has 1 fully saturated rings. The van der Waals surface area contributed by atoms with Gasteiger partial charge in [-0.25, -0.2) is 9.97 Å². The summed E-state index contributed by atoms with van der Waals surface area (Å²) >= 11 is 1.75.